The first-order valence-electron chi connectivity index (χ1n) is 8.95. The molecular weight excluding hydrogens is 422 g/mol. The number of hydrogen-bond donors (Lipinski definition) is 1. The first kappa shape index (κ1) is 19.5. The van der Waals surface area contributed by atoms with E-state index in [4.69, 9.17) is 17.4 Å². The van der Waals surface area contributed by atoms with Gasteiger partial charge in [0.25, 0.3) is 0 Å². The van der Waals surface area contributed by atoms with E-state index in [1.54, 1.807) is 29.2 Å². The largest absolute Gasteiger partial charge is 0.335 e. The van der Waals surface area contributed by atoms with E-state index in [1.165, 1.54) is 16.4 Å². The fraction of sp³-hybridized carbons (Fsp3) is 0.471. The second kappa shape index (κ2) is 7.57. The Labute approximate surface area is 172 Å². The maximum atomic E-state index is 12.8. The first-order valence-corrected chi connectivity index (χ1v) is 12.1. The van der Waals surface area contributed by atoms with Crippen molar-refractivity contribution >= 4 is 39.1 Å². The molecule has 4 rings (SSSR count). The minimum absolute atomic E-state index is 0.0632. The van der Waals surface area contributed by atoms with Crippen molar-refractivity contribution in [3.63, 3.8) is 0 Å². The van der Waals surface area contributed by atoms with Crippen LogP contribution in [0.1, 0.15) is 19.3 Å². The van der Waals surface area contributed by atoms with Crippen molar-refractivity contribution < 1.29 is 13.2 Å². The van der Waals surface area contributed by atoms with Crippen molar-refractivity contribution in [2.24, 2.45) is 0 Å². The maximum absolute atomic E-state index is 12.8. The molecule has 2 aliphatic rings. The van der Waals surface area contributed by atoms with Crippen LogP contribution in [0.4, 0.5) is 0 Å². The molecule has 1 amide bonds. The highest BCUT2D eigenvalue weighted by Crippen LogP contribution is 2.33. The van der Waals surface area contributed by atoms with Crippen molar-refractivity contribution in [1.82, 2.24) is 19.8 Å². The summed E-state index contributed by atoms with van der Waals surface area (Å²) in [7, 11) is -3.04. The van der Waals surface area contributed by atoms with Gasteiger partial charge in [-0.2, -0.15) is 0 Å². The van der Waals surface area contributed by atoms with E-state index in [9.17, 15) is 13.2 Å². The average molecular weight is 442 g/mol. The smallest absolute Gasteiger partial charge is 0.233 e. The zero-order chi connectivity index (χ0) is 19.9. The summed E-state index contributed by atoms with van der Waals surface area (Å²) in [5.41, 5.74) is 0.772. The molecule has 1 aromatic carbocycles. The summed E-state index contributed by atoms with van der Waals surface area (Å²) in [5, 5.41) is 9.22. The molecule has 0 radical (unpaired) electrons. The summed E-state index contributed by atoms with van der Waals surface area (Å²) in [5.74, 6) is 6.86. The van der Waals surface area contributed by atoms with Crippen LogP contribution in [0.2, 0.25) is 5.02 Å². The maximum Gasteiger partial charge on any atom is 0.233 e. The minimum Gasteiger partial charge on any atom is -0.335 e. The molecule has 1 saturated carbocycles. The van der Waals surface area contributed by atoms with E-state index in [0.29, 0.717) is 22.4 Å². The molecule has 1 aliphatic heterocycles. The fourth-order valence-electron chi connectivity index (χ4n) is 3.42. The van der Waals surface area contributed by atoms with Crippen LogP contribution in [-0.2, 0) is 14.6 Å². The zero-order valence-electron chi connectivity index (χ0n) is 15.0. The van der Waals surface area contributed by atoms with E-state index in [1.807, 2.05) is 0 Å². The Balaban J connectivity index is 1.44. The Morgan fingerprint density at radius 3 is 2.54 bits per heavy atom. The number of amides is 1. The predicted octanol–water partition coefficient (Wildman–Crippen LogP) is 1.58. The number of rotatable bonds is 6. The normalized spacial score (nSPS) is 21.0. The van der Waals surface area contributed by atoms with Gasteiger partial charge >= 0.3 is 0 Å². The minimum atomic E-state index is -3.04. The molecule has 11 heteroatoms. The third-order valence-electron chi connectivity index (χ3n) is 4.92. The van der Waals surface area contributed by atoms with Crippen molar-refractivity contribution in [1.29, 1.82) is 0 Å². The molecule has 28 heavy (non-hydrogen) atoms. The van der Waals surface area contributed by atoms with Crippen LogP contribution < -0.4 is 5.84 Å². The number of hydrogen-bond acceptors (Lipinski definition) is 7. The molecule has 1 unspecified atom stereocenters. The number of benzene rings is 1. The number of halogens is 1. The monoisotopic (exact) mass is 441 g/mol. The van der Waals surface area contributed by atoms with Crippen molar-refractivity contribution in [2.45, 2.75) is 36.5 Å². The second-order valence-electron chi connectivity index (χ2n) is 7.06. The van der Waals surface area contributed by atoms with Gasteiger partial charge in [-0.3, -0.25) is 4.79 Å². The number of nitrogens with two attached hydrogens (primary N) is 1. The predicted molar refractivity (Wildman–Crippen MR) is 108 cm³/mol. The number of sulfone groups is 1. The van der Waals surface area contributed by atoms with Gasteiger partial charge in [0.1, 0.15) is 0 Å². The number of nitrogen functional groups attached to an aromatic ring is 1. The molecule has 1 aliphatic carbocycles. The fourth-order valence-corrected chi connectivity index (χ4v) is 5.99. The molecule has 2 fully saturated rings. The van der Waals surface area contributed by atoms with Crippen LogP contribution >= 0.6 is 23.4 Å². The lowest BCUT2D eigenvalue weighted by Crippen LogP contribution is -2.43. The van der Waals surface area contributed by atoms with Gasteiger partial charge in [0.2, 0.25) is 11.1 Å². The Morgan fingerprint density at radius 2 is 1.93 bits per heavy atom. The number of nitrogens with zero attached hydrogens (tertiary/aromatic N) is 4. The van der Waals surface area contributed by atoms with Crippen molar-refractivity contribution in [3.05, 3.63) is 29.3 Å². The summed E-state index contributed by atoms with van der Waals surface area (Å²) >= 11 is 7.11. The highest BCUT2D eigenvalue weighted by atomic mass is 35.5. The highest BCUT2D eigenvalue weighted by Gasteiger charge is 2.42. The molecule has 150 valence electrons. The molecule has 2 heterocycles. The Bertz CT molecular complexity index is 989. The number of aromatic nitrogens is 3. The molecule has 2 N–H and O–H groups in total. The summed E-state index contributed by atoms with van der Waals surface area (Å²) in [6.45, 7) is 0. The van der Waals surface area contributed by atoms with Gasteiger partial charge in [-0.25, -0.2) is 13.1 Å². The number of carbonyl (C=O) groups excluding carboxylic acids is 1. The third kappa shape index (κ3) is 4.13. The van der Waals surface area contributed by atoms with E-state index >= 15 is 0 Å². The molecule has 2 aromatic rings. The third-order valence-corrected chi connectivity index (χ3v) is 7.85. The summed E-state index contributed by atoms with van der Waals surface area (Å²) in [6, 6.07) is 7.02. The lowest BCUT2D eigenvalue weighted by atomic mass is 10.2. The van der Waals surface area contributed by atoms with Crippen molar-refractivity contribution in [3.8, 4) is 11.4 Å². The number of carbonyl (C=O) groups is 1. The SMILES string of the molecule is Nn1c(SCC(=O)N(C2CC2)C2CCS(=O)(=O)C2)nnc1-c1ccc(Cl)cc1. The number of thioether (sulfide) groups is 1. The van der Waals surface area contributed by atoms with Crippen LogP contribution in [0.15, 0.2) is 29.4 Å². The topological polar surface area (TPSA) is 111 Å². The van der Waals surface area contributed by atoms with E-state index in [2.05, 4.69) is 10.2 Å². The molecule has 8 nitrogen and oxygen atoms in total. The lowest BCUT2D eigenvalue weighted by Gasteiger charge is -2.28. The molecule has 0 spiro atoms. The standard InChI is InChI=1S/C17H20ClN5O3S2/c18-12-3-1-11(2-4-12)16-20-21-17(23(16)19)27-9-15(24)22(13-5-6-13)14-7-8-28(25,26)10-14/h1-4,13-14H,5-10,19H2. The summed E-state index contributed by atoms with van der Waals surface area (Å²) in [6.07, 6.45) is 2.38. The van der Waals surface area contributed by atoms with Gasteiger partial charge < -0.3 is 10.7 Å². The van der Waals surface area contributed by atoms with Crippen LogP contribution in [-0.4, -0.2) is 63.4 Å². The Morgan fingerprint density at radius 1 is 1.21 bits per heavy atom. The molecular formula is C17H20ClN5O3S2. The van der Waals surface area contributed by atoms with Gasteiger partial charge in [-0.05, 0) is 43.5 Å². The van der Waals surface area contributed by atoms with Gasteiger partial charge in [0.05, 0.1) is 17.3 Å². The lowest BCUT2D eigenvalue weighted by molar-refractivity contribution is -0.130. The van der Waals surface area contributed by atoms with Crippen LogP contribution in [0.5, 0.6) is 0 Å². The van der Waals surface area contributed by atoms with Gasteiger partial charge in [-0.1, -0.05) is 23.4 Å². The first-order chi connectivity index (χ1) is 13.3. The zero-order valence-corrected chi connectivity index (χ0v) is 17.4. The van der Waals surface area contributed by atoms with Crippen LogP contribution in [0, 0.1) is 0 Å². The summed E-state index contributed by atoms with van der Waals surface area (Å²) in [4.78, 5) is 14.6. The van der Waals surface area contributed by atoms with Crippen molar-refractivity contribution in [2.75, 3.05) is 23.1 Å². The van der Waals surface area contributed by atoms with E-state index < -0.39 is 9.84 Å². The van der Waals surface area contributed by atoms with E-state index in [0.717, 1.165) is 18.4 Å². The average Bonchev–Trinajstić information content (AvgIpc) is 3.32. The van der Waals surface area contributed by atoms with Crippen LogP contribution in [0.25, 0.3) is 11.4 Å². The molecule has 1 atom stereocenters. The Kier molecular flexibility index (Phi) is 5.28. The second-order valence-corrected chi connectivity index (χ2v) is 10.7. The quantitative estimate of drug-likeness (QED) is 0.535. The van der Waals surface area contributed by atoms with Gasteiger partial charge in [-0.15, -0.1) is 10.2 Å². The van der Waals surface area contributed by atoms with Crippen LogP contribution in [0.3, 0.4) is 0 Å². The Hall–Kier alpha value is -1.78. The molecule has 0 bridgehead atoms. The summed E-state index contributed by atoms with van der Waals surface area (Å²) < 4.78 is 25.0. The highest BCUT2D eigenvalue weighted by molar-refractivity contribution is 7.99. The van der Waals surface area contributed by atoms with Gasteiger partial charge in [0, 0.05) is 22.7 Å². The molecule has 1 saturated heterocycles. The van der Waals surface area contributed by atoms with E-state index in [-0.39, 0.29) is 35.2 Å². The molecule has 1 aromatic heterocycles. The van der Waals surface area contributed by atoms with Gasteiger partial charge in [0.15, 0.2) is 15.7 Å².